The molecule has 130 valence electrons. The molecule has 0 unspecified atom stereocenters. The van der Waals surface area contributed by atoms with Gasteiger partial charge in [0.1, 0.15) is 0 Å². The van der Waals surface area contributed by atoms with E-state index in [1.165, 1.54) is 6.07 Å². The van der Waals surface area contributed by atoms with Crippen LogP contribution in [0.2, 0.25) is 0 Å². The van der Waals surface area contributed by atoms with Crippen LogP contribution in [0.15, 0.2) is 78.9 Å². The second kappa shape index (κ2) is 6.06. The fourth-order valence-electron chi connectivity index (χ4n) is 3.19. The van der Waals surface area contributed by atoms with E-state index in [0.29, 0.717) is 5.39 Å². The maximum absolute atomic E-state index is 13.1. The topological polar surface area (TPSA) is 4.93 Å². The molecule has 0 aliphatic carbocycles. The molecule has 1 aromatic heterocycles. The Bertz CT molecular complexity index is 1060. The van der Waals surface area contributed by atoms with Gasteiger partial charge in [0, 0.05) is 11.1 Å². The van der Waals surface area contributed by atoms with Crippen LogP contribution in [0, 0.1) is 6.92 Å². The molecule has 1 nitrogen and oxygen atoms in total. The van der Waals surface area contributed by atoms with Gasteiger partial charge in [0.2, 0.25) is 0 Å². The summed E-state index contributed by atoms with van der Waals surface area (Å²) < 4.78 is 41.3. The predicted molar refractivity (Wildman–Crippen MR) is 98.5 cm³/mol. The normalized spacial score (nSPS) is 11.8. The minimum Gasteiger partial charge on any atom is -0.309 e. The molecule has 0 aliphatic heterocycles. The highest BCUT2D eigenvalue weighted by molar-refractivity contribution is 5.89. The minimum absolute atomic E-state index is 0.569. The van der Waals surface area contributed by atoms with E-state index >= 15 is 0 Å². The van der Waals surface area contributed by atoms with Crippen LogP contribution in [-0.4, -0.2) is 4.57 Å². The van der Waals surface area contributed by atoms with Gasteiger partial charge in [-0.25, -0.2) is 0 Å². The van der Waals surface area contributed by atoms with E-state index in [0.717, 1.165) is 34.1 Å². The van der Waals surface area contributed by atoms with Crippen LogP contribution in [0.25, 0.3) is 27.8 Å². The second-order valence-corrected chi connectivity index (χ2v) is 6.34. The molecule has 0 spiro atoms. The number of aryl methyl sites for hydroxylation is 1. The first-order chi connectivity index (χ1) is 12.4. The third-order valence-electron chi connectivity index (χ3n) is 4.49. The lowest BCUT2D eigenvalue weighted by molar-refractivity contribution is -0.137. The summed E-state index contributed by atoms with van der Waals surface area (Å²) in [5.74, 6) is 0. The van der Waals surface area contributed by atoms with Crippen LogP contribution in [-0.2, 0) is 6.18 Å². The molecule has 4 rings (SSSR count). The fourth-order valence-corrected chi connectivity index (χ4v) is 3.19. The van der Waals surface area contributed by atoms with E-state index in [1.54, 1.807) is 6.07 Å². The van der Waals surface area contributed by atoms with Crippen LogP contribution < -0.4 is 0 Å². The number of nitrogens with zero attached hydrogens (tertiary/aromatic N) is 1. The Kier molecular flexibility index (Phi) is 3.83. The van der Waals surface area contributed by atoms with Crippen molar-refractivity contribution in [3.05, 3.63) is 90.0 Å². The van der Waals surface area contributed by atoms with Gasteiger partial charge in [-0.15, -0.1) is 0 Å². The Morgan fingerprint density at radius 3 is 2.12 bits per heavy atom. The molecular formula is C22H16F3N. The molecule has 0 aliphatic rings. The molecule has 26 heavy (non-hydrogen) atoms. The highest BCUT2D eigenvalue weighted by atomic mass is 19.4. The summed E-state index contributed by atoms with van der Waals surface area (Å²) in [4.78, 5) is 0. The number of benzene rings is 3. The Morgan fingerprint density at radius 1 is 0.769 bits per heavy atom. The molecule has 0 radical (unpaired) electrons. The number of fused-ring (bicyclic) bond motifs is 1. The van der Waals surface area contributed by atoms with Crippen molar-refractivity contribution in [2.45, 2.75) is 13.1 Å². The number of halogens is 3. The molecular weight excluding hydrogens is 335 g/mol. The SMILES string of the molecule is Cc1ccc(-n2c(-c3ccccc3)cc3cc(C(F)(F)F)ccc32)cc1. The minimum atomic E-state index is -4.35. The summed E-state index contributed by atoms with van der Waals surface area (Å²) in [6.45, 7) is 2.01. The summed E-state index contributed by atoms with van der Waals surface area (Å²) in [5, 5.41) is 0.569. The van der Waals surface area contributed by atoms with E-state index in [9.17, 15) is 13.2 Å². The molecule has 0 amide bonds. The third-order valence-corrected chi connectivity index (χ3v) is 4.49. The zero-order chi connectivity index (χ0) is 18.3. The summed E-state index contributed by atoms with van der Waals surface area (Å²) in [7, 11) is 0. The zero-order valence-electron chi connectivity index (χ0n) is 14.1. The van der Waals surface area contributed by atoms with Gasteiger partial charge in [-0.2, -0.15) is 13.2 Å². The van der Waals surface area contributed by atoms with E-state index in [4.69, 9.17) is 0 Å². The van der Waals surface area contributed by atoms with Gasteiger partial charge in [-0.05, 0) is 48.9 Å². The van der Waals surface area contributed by atoms with Gasteiger partial charge in [-0.1, -0.05) is 48.0 Å². The van der Waals surface area contributed by atoms with Crippen LogP contribution in [0.3, 0.4) is 0 Å². The number of aromatic nitrogens is 1. The summed E-state index contributed by atoms with van der Waals surface area (Å²) >= 11 is 0. The fraction of sp³-hybridized carbons (Fsp3) is 0.0909. The van der Waals surface area contributed by atoms with Crippen molar-refractivity contribution < 1.29 is 13.2 Å². The van der Waals surface area contributed by atoms with Gasteiger partial charge < -0.3 is 4.57 Å². The third kappa shape index (κ3) is 2.88. The van der Waals surface area contributed by atoms with Crippen LogP contribution in [0.4, 0.5) is 13.2 Å². The number of alkyl halides is 3. The highest BCUT2D eigenvalue weighted by Crippen LogP contribution is 2.36. The molecule has 0 atom stereocenters. The number of hydrogen-bond acceptors (Lipinski definition) is 0. The highest BCUT2D eigenvalue weighted by Gasteiger charge is 2.31. The molecule has 4 aromatic rings. The van der Waals surface area contributed by atoms with Crippen molar-refractivity contribution in [2.24, 2.45) is 0 Å². The Hall–Kier alpha value is -3.01. The van der Waals surface area contributed by atoms with Gasteiger partial charge in [0.05, 0.1) is 16.8 Å². The molecule has 0 saturated carbocycles. The number of rotatable bonds is 2. The monoisotopic (exact) mass is 351 g/mol. The lowest BCUT2D eigenvalue weighted by atomic mass is 10.1. The quantitative estimate of drug-likeness (QED) is 0.382. The average molecular weight is 351 g/mol. The van der Waals surface area contributed by atoms with Gasteiger partial charge >= 0.3 is 6.18 Å². The van der Waals surface area contributed by atoms with Crippen molar-refractivity contribution in [3.63, 3.8) is 0 Å². The Balaban J connectivity index is 2.01. The molecule has 0 bridgehead atoms. The van der Waals surface area contributed by atoms with E-state index < -0.39 is 11.7 Å². The Morgan fingerprint density at radius 2 is 1.46 bits per heavy atom. The van der Waals surface area contributed by atoms with Gasteiger partial charge in [-0.3, -0.25) is 0 Å². The first-order valence-corrected chi connectivity index (χ1v) is 8.29. The number of hydrogen-bond donors (Lipinski definition) is 0. The first kappa shape index (κ1) is 16.5. The smallest absolute Gasteiger partial charge is 0.309 e. The predicted octanol–water partition coefficient (Wildman–Crippen LogP) is 6.62. The second-order valence-electron chi connectivity index (χ2n) is 6.34. The molecule has 3 aromatic carbocycles. The van der Waals surface area contributed by atoms with Crippen molar-refractivity contribution in [2.75, 3.05) is 0 Å². The zero-order valence-corrected chi connectivity index (χ0v) is 14.1. The Labute approximate surface area is 149 Å². The lowest BCUT2D eigenvalue weighted by Gasteiger charge is -2.12. The van der Waals surface area contributed by atoms with Crippen molar-refractivity contribution in [1.82, 2.24) is 4.57 Å². The maximum Gasteiger partial charge on any atom is 0.416 e. The van der Waals surface area contributed by atoms with Gasteiger partial charge in [0.25, 0.3) is 0 Å². The molecule has 0 fully saturated rings. The van der Waals surface area contributed by atoms with Crippen molar-refractivity contribution in [1.29, 1.82) is 0 Å². The largest absolute Gasteiger partial charge is 0.416 e. The van der Waals surface area contributed by atoms with Crippen LogP contribution in [0.5, 0.6) is 0 Å². The molecule has 0 N–H and O–H groups in total. The molecule has 4 heteroatoms. The summed E-state index contributed by atoms with van der Waals surface area (Å²) in [6, 6.07) is 23.4. The van der Waals surface area contributed by atoms with Gasteiger partial charge in [0.15, 0.2) is 0 Å². The average Bonchev–Trinajstić information content (AvgIpc) is 3.01. The summed E-state index contributed by atoms with van der Waals surface area (Å²) in [5.41, 5.74) is 3.99. The molecule has 1 heterocycles. The van der Waals surface area contributed by atoms with E-state index in [2.05, 4.69) is 0 Å². The van der Waals surface area contributed by atoms with E-state index in [-0.39, 0.29) is 0 Å². The first-order valence-electron chi connectivity index (χ1n) is 8.29. The van der Waals surface area contributed by atoms with E-state index in [1.807, 2.05) is 72.2 Å². The standard InChI is InChI=1S/C22H16F3N/c1-15-7-10-19(11-8-15)26-20-12-9-18(22(23,24)25)13-17(20)14-21(26)16-5-3-2-4-6-16/h2-14H,1H3. The molecule has 0 saturated heterocycles. The lowest BCUT2D eigenvalue weighted by Crippen LogP contribution is -2.04. The summed E-state index contributed by atoms with van der Waals surface area (Å²) in [6.07, 6.45) is -4.35. The van der Waals surface area contributed by atoms with Crippen LogP contribution in [0.1, 0.15) is 11.1 Å². The van der Waals surface area contributed by atoms with Crippen LogP contribution >= 0.6 is 0 Å². The maximum atomic E-state index is 13.1. The van der Waals surface area contributed by atoms with Crippen molar-refractivity contribution >= 4 is 10.9 Å². The van der Waals surface area contributed by atoms with Crippen molar-refractivity contribution in [3.8, 4) is 16.9 Å².